The number of piperidine rings is 1. The highest BCUT2D eigenvalue weighted by atomic mass is 35.5. The van der Waals surface area contributed by atoms with Crippen LogP contribution in [0.25, 0.3) is 0 Å². The quantitative estimate of drug-likeness (QED) is 0.838. The summed E-state index contributed by atoms with van der Waals surface area (Å²) in [7, 11) is -4.46. The molecule has 1 aliphatic heterocycles. The van der Waals surface area contributed by atoms with Gasteiger partial charge in [-0.2, -0.15) is 0 Å². The number of hydrogen-bond acceptors (Lipinski definition) is 4. The van der Waals surface area contributed by atoms with Gasteiger partial charge in [0.25, 0.3) is 0 Å². The molecule has 118 valence electrons. The number of halogens is 1. The molecule has 1 aromatic carbocycles. The average Bonchev–Trinajstić information content (AvgIpc) is 2.41. The smallest absolute Gasteiger partial charge is 0.211 e. The van der Waals surface area contributed by atoms with E-state index in [0.29, 0.717) is 34.4 Å². The second kappa shape index (κ2) is 6.64. The maximum Gasteiger partial charge on any atom is 0.211 e. The van der Waals surface area contributed by atoms with Crippen LogP contribution in [0.15, 0.2) is 23.1 Å². The van der Waals surface area contributed by atoms with Gasteiger partial charge in [-0.1, -0.05) is 11.6 Å². The summed E-state index contributed by atoms with van der Waals surface area (Å²) in [5.41, 5.74) is 6.29. The maximum atomic E-state index is 12.4. The van der Waals surface area contributed by atoms with E-state index in [1.165, 1.54) is 10.6 Å². The minimum atomic E-state index is -3.19. The predicted molar refractivity (Wildman–Crippen MR) is 86.3 cm³/mol. The van der Waals surface area contributed by atoms with Crippen LogP contribution in [0.2, 0.25) is 5.02 Å². The normalized spacial score (nSPS) is 22.1. The molecule has 0 bridgehead atoms. The van der Waals surface area contributed by atoms with Crippen LogP contribution in [0, 0.1) is 5.92 Å². The number of hydrogen-bond donors (Lipinski definition) is 1. The molecule has 0 aromatic heterocycles. The van der Waals surface area contributed by atoms with Gasteiger partial charge in [-0.05, 0) is 37.0 Å². The fraction of sp³-hybridized carbons (Fsp3) is 0.538. The number of nitrogens with zero attached hydrogens (tertiary/aromatic N) is 1. The predicted octanol–water partition coefficient (Wildman–Crippen LogP) is 1.70. The zero-order valence-electron chi connectivity index (χ0n) is 11.8. The first-order valence-electron chi connectivity index (χ1n) is 6.66. The van der Waals surface area contributed by atoms with Crippen molar-refractivity contribution in [1.82, 2.24) is 4.31 Å². The summed E-state index contributed by atoms with van der Waals surface area (Å²) in [5, 5.41) is 0.494. The molecule has 2 unspecified atom stereocenters. The van der Waals surface area contributed by atoms with Gasteiger partial charge in [0.15, 0.2) is 0 Å². The summed E-state index contributed by atoms with van der Waals surface area (Å²) in [4.78, 5) is 0.527. The lowest BCUT2D eigenvalue weighted by Gasteiger charge is -2.30. The van der Waals surface area contributed by atoms with Crippen molar-refractivity contribution < 1.29 is 12.6 Å². The van der Waals surface area contributed by atoms with Crippen molar-refractivity contribution in [2.24, 2.45) is 5.92 Å². The van der Waals surface area contributed by atoms with Gasteiger partial charge in [0.2, 0.25) is 10.0 Å². The van der Waals surface area contributed by atoms with Crippen LogP contribution >= 0.6 is 11.6 Å². The van der Waals surface area contributed by atoms with Gasteiger partial charge in [-0.15, -0.1) is 0 Å². The molecule has 2 N–H and O–H groups in total. The monoisotopic (exact) mass is 350 g/mol. The topological polar surface area (TPSA) is 80.5 Å². The van der Waals surface area contributed by atoms with E-state index >= 15 is 0 Å². The van der Waals surface area contributed by atoms with Gasteiger partial charge in [-0.3, -0.25) is 4.21 Å². The molecule has 8 heteroatoms. The van der Waals surface area contributed by atoms with Crippen molar-refractivity contribution in [3.05, 3.63) is 23.2 Å². The van der Waals surface area contributed by atoms with E-state index in [4.69, 9.17) is 17.3 Å². The van der Waals surface area contributed by atoms with E-state index in [1.807, 2.05) is 0 Å². The van der Waals surface area contributed by atoms with E-state index in [0.717, 1.165) is 12.8 Å². The molecule has 1 saturated heterocycles. The summed E-state index contributed by atoms with van der Waals surface area (Å²) >= 11 is 5.91. The summed E-state index contributed by atoms with van der Waals surface area (Å²) in [5.74, 6) is 0.476. The zero-order chi connectivity index (χ0) is 15.6. The lowest BCUT2D eigenvalue weighted by molar-refractivity contribution is 0.285. The third-order valence-corrected chi connectivity index (χ3v) is 6.68. The van der Waals surface area contributed by atoms with E-state index < -0.39 is 20.8 Å². The maximum absolute atomic E-state index is 12.4. The summed E-state index contributed by atoms with van der Waals surface area (Å²) in [6, 6.07) is 4.91. The fourth-order valence-electron chi connectivity index (χ4n) is 2.47. The van der Waals surface area contributed by atoms with Gasteiger partial charge in [0, 0.05) is 29.6 Å². The molecule has 1 aliphatic rings. The van der Waals surface area contributed by atoms with Gasteiger partial charge in [-0.25, -0.2) is 12.7 Å². The van der Waals surface area contributed by atoms with Crippen LogP contribution in [0.1, 0.15) is 12.8 Å². The third-order valence-electron chi connectivity index (χ3n) is 3.56. The first-order chi connectivity index (χ1) is 9.77. The minimum Gasteiger partial charge on any atom is -0.398 e. The summed E-state index contributed by atoms with van der Waals surface area (Å²) in [6.45, 7) is 0.965. The van der Waals surface area contributed by atoms with Crippen molar-refractivity contribution in [1.29, 1.82) is 0 Å². The number of nitrogens with two attached hydrogens (primary N) is 1. The number of sulfonamides is 1. The molecule has 5 nitrogen and oxygen atoms in total. The van der Waals surface area contributed by atoms with Crippen molar-refractivity contribution in [2.45, 2.75) is 17.7 Å². The first kappa shape index (κ1) is 16.7. The molecule has 1 heterocycles. The Hall–Kier alpha value is -0.630. The van der Waals surface area contributed by atoms with E-state index in [1.54, 1.807) is 18.2 Å². The molecule has 1 fully saturated rings. The third kappa shape index (κ3) is 4.42. The van der Waals surface area contributed by atoms with Crippen molar-refractivity contribution >= 4 is 38.1 Å². The average molecular weight is 351 g/mol. The zero-order valence-corrected chi connectivity index (χ0v) is 14.2. The highest BCUT2D eigenvalue weighted by Crippen LogP contribution is 2.25. The van der Waals surface area contributed by atoms with Crippen LogP contribution in [0.5, 0.6) is 0 Å². The van der Waals surface area contributed by atoms with Crippen LogP contribution in [-0.4, -0.2) is 42.0 Å². The molecule has 0 amide bonds. The molecule has 1 aromatic rings. The summed E-state index contributed by atoms with van der Waals surface area (Å²) in [6.07, 6.45) is 2.87. The fourth-order valence-corrected chi connectivity index (χ4v) is 5.12. The molecule has 2 rings (SSSR count). The Morgan fingerprint density at radius 3 is 2.86 bits per heavy atom. The van der Waals surface area contributed by atoms with Gasteiger partial charge in [0.1, 0.15) is 0 Å². The SMILES string of the molecule is CS(=O)(=O)N1CCCC(CS(=O)c2cc(Cl)ccc2N)C1. The number of nitrogen functional groups attached to an aromatic ring is 1. The summed E-state index contributed by atoms with van der Waals surface area (Å²) < 4.78 is 37.1. The minimum absolute atomic E-state index is 0.0766. The van der Waals surface area contributed by atoms with Gasteiger partial charge in [0.05, 0.1) is 22.0 Å². The Labute approximate surface area is 133 Å². The molecule has 0 radical (unpaired) electrons. The van der Waals surface area contributed by atoms with Crippen LogP contribution in [0.4, 0.5) is 5.69 Å². The highest BCUT2D eigenvalue weighted by Gasteiger charge is 2.27. The van der Waals surface area contributed by atoms with Crippen molar-refractivity contribution in [2.75, 3.05) is 30.8 Å². The molecule has 0 aliphatic carbocycles. The molecular weight excluding hydrogens is 332 g/mol. The van der Waals surface area contributed by atoms with Gasteiger partial charge >= 0.3 is 0 Å². The van der Waals surface area contributed by atoms with E-state index in [2.05, 4.69) is 0 Å². The Balaban J connectivity index is 2.07. The highest BCUT2D eigenvalue weighted by molar-refractivity contribution is 7.88. The molecule has 21 heavy (non-hydrogen) atoms. The number of rotatable bonds is 4. The Kier molecular flexibility index (Phi) is 5.29. The van der Waals surface area contributed by atoms with Gasteiger partial charge < -0.3 is 5.73 Å². The lowest BCUT2D eigenvalue weighted by atomic mass is 10.0. The number of benzene rings is 1. The molecule has 0 saturated carbocycles. The molecular formula is C13H19ClN2O3S2. The molecule has 0 spiro atoms. The lowest BCUT2D eigenvalue weighted by Crippen LogP contribution is -2.40. The molecule has 2 atom stereocenters. The second-order valence-electron chi connectivity index (χ2n) is 5.32. The standard InChI is InChI=1S/C13H19ClN2O3S2/c1-21(18,19)16-6-2-3-10(8-16)9-20(17)13-7-11(14)4-5-12(13)15/h4-5,7,10H,2-3,6,8-9,15H2,1H3. The first-order valence-corrected chi connectivity index (χ1v) is 10.2. The number of anilines is 1. The Morgan fingerprint density at radius 2 is 2.19 bits per heavy atom. The van der Waals surface area contributed by atoms with Crippen LogP contribution in [0.3, 0.4) is 0 Å². The van der Waals surface area contributed by atoms with E-state index in [-0.39, 0.29) is 5.92 Å². The van der Waals surface area contributed by atoms with E-state index in [9.17, 15) is 12.6 Å². The van der Waals surface area contributed by atoms with Crippen molar-refractivity contribution in [3.63, 3.8) is 0 Å². The second-order valence-corrected chi connectivity index (χ2v) is 9.21. The van der Waals surface area contributed by atoms with Crippen LogP contribution in [-0.2, 0) is 20.8 Å². The van der Waals surface area contributed by atoms with Crippen LogP contribution < -0.4 is 5.73 Å². The Morgan fingerprint density at radius 1 is 1.48 bits per heavy atom. The Bertz CT molecular complexity index is 649. The largest absolute Gasteiger partial charge is 0.398 e. The van der Waals surface area contributed by atoms with Crippen molar-refractivity contribution in [3.8, 4) is 0 Å².